The third-order valence-electron chi connectivity index (χ3n) is 1.18. The van der Waals surface area contributed by atoms with Gasteiger partial charge in [-0.3, -0.25) is 0 Å². The lowest BCUT2D eigenvalue weighted by Gasteiger charge is -2.08. The molecule has 0 aromatic rings. The predicted molar refractivity (Wildman–Crippen MR) is 45.9 cm³/mol. The number of hydrogen-bond donors (Lipinski definition) is 1. The molecule has 0 rings (SSSR count). The van der Waals surface area contributed by atoms with E-state index in [1.807, 2.05) is 6.92 Å². The van der Waals surface area contributed by atoms with Crippen LogP contribution in [0, 0.1) is 0 Å². The molecular formula is C5H10BrF2NO2S. The maximum Gasteiger partial charge on any atom is 0.350 e. The summed E-state index contributed by atoms with van der Waals surface area (Å²) in [6.45, 7) is 1.80. The van der Waals surface area contributed by atoms with Gasteiger partial charge in [0, 0.05) is 11.4 Å². The molecule has 0 saturated heterocycles. The molecule has 1 atom stereocenters. The van der Waals surface area contributed by atoms with Gasteiger partial charge in [0.05, 0.1) is 0 Å². The molecule has 0 aromatic carbocycles. The van der Waals surface area contributed by atoms with Crippen molar-refractivity contribution in [2.24, 2.45) is 0 Å². The summed E-state index contributed by atoms with van der Waals surface area (Å²) < 4.78 is 46.1. The molecule has 0 aliphatic heterocycles. The molecule has 1 unspecified atom stereocenters. The lowest BCUT2D eigenvalue weighted by atomic mass is 10.3. The van der Waals surface area contributed by atoms with Gasteiger partial charge in [0.2, 0.25) is 0 Å². The number of alkyl halides is 3. The SMILES string of the molecule is CCC(Br)CNS(=O)(=O)C(F)F. The Labute approximate surface area is 78.7 Å². The van der Waals surface area contributed by atoms with Crippen LogP contribution in [0.5, 0.6) is 0 Å². The predicted octanol–water partition coefficient (Wildman–Crippen LogP) is 1.30. The Bertz CT molecular complexity index is 219. The Kier molecular flexibility index (Phi) is 5.19. The molecule has 0 amide bonds. The van der Waals surface area contributed by atoms with Gasteiger partial charge in [-0.05, 0) is 6.42 Å². The zero-order valence-electron chi connectivity index (χ0n) is 6.43. The second-order valence-corrected chi connectivity index (χ2v) is 5.19. The summed E-state index contributed by atoms with van der Waals surface area (Å²) in [4.78, 5) is -0.106. The van der Waals surface area contributed by atoms with Crippen LogP contribution in [-0.2, 0) is 10.0 Å². The molecular weight excluding hydrogens is 256 g/mol. The first-order chi connectivity index (χ1) is 5.40. The van der Waals surface area contributed by atoms with E-state index in [1.165, 1.54) is 0 Å². The molecule has 74 valence electrons. The fourth-order valence-electron chi connectivity index (χ4n) is 0.414. The minimum absolute atomic E-state index is 0.0107. The van der Waals surface area contributed by atoms with Crippen molar-refractivity contribution in [1.29, 1.82) is 0 Å². The smallest absolute Gasteiger partial charge is 0.209 e. The highest BCUT2D eigenvalue weighted by Crippen LogP contribution is 2.06. The van der Waals surface area contributed by atoms with Crippen molar-refractivity contribution in [3.8, 4) is 0 Å². The topological polar surface area (TPSA) is 46.2 Å². The first kappa shape index (κ1) is 12.2. The van der Waals surface area contributed by atoms with Crippen LogP contribution in [0.4, 0.5) is 8.78 Å². The van der Waals surface area contributed by atoms with E-state index in [-0.39, 0.29) is 11.4 Å². The van der Waals surface area contributed by atoms with Crippen molar-refractivity contribution in [2.45, 2.75) is 23.9 Å². The van der Waals surface area contributed by atoms with Gasteiger partial charge in [0.1, 0.15) is 0 Å². The molecule has 0 bridgehead atoms. The molecule has 0 heterocycles. The highest BCUT2D eigenvalue weighted by Gasteiger charge is 2.23. The van der Waals surface area contributed by atoms with Crippen LogP contribution in [0.15, 0.2) is 0 Å². The Balaban J connectivity index is 3.94. The molecule has 3 nitrogen and oxygen atoms in total. The maximum absolute atomic E-state index is 11.7. The van der Waals surface area contributed by atoms with Crippen molar-refractivity contribution in [2.75, 3.05) is 6.54 Å². The first-order valence-corrected chi connectivity index (χ1v) is 5.77. The zero-order chi connectivity index (χ0) is 9.78. The van der Waals surface area contributed by atoms with Gasteiger partial charge in [-0.25, -0.2) is 13.1 Å². The van der Waals surface area contributed by atoms with Crippen molar-refractivity contribution in [3.63, 3.8) is 0 Å². The number of sulfonamides is 1. The molecule has 0 saturated carbocycles. The van der Waals surface area contributed by atoms with E-state index in [0.29, 0.717) is 6.42 Å². The maximum atomic E-state index is 11.7. The van der Waals surface area contributed by atoms with E-state index < -0.39 is 15.8 Å². The van der Waals surface area contributed by atoms with E-state index in [1.54, 1.807) is 4.72 Å². The van der Waals surface area contributed by atoms with Gasteiger partial charge < -0.3 is 0 Å². The Hall–Kier alpha value is 0.250. The average Bonchev–Trinajstić information content (AvgIpc) is 2.00. The Morgan fingerprint density at radius 2 is 2.00 bits per heavy atom. The lowest BCUT2D eigenvalue weighted by Crippen LogP contribution is -2.33. The van der Waals surface area contributed by atoms with Gasteiger partial charge in [-0.2, -0.15) is 8.78 Å². The molecule has 0 fully saturated rings. The summed E-state index contributed by atoms with van der Waals surface area (Å²) >= 11 is 3.11. The Morgan fingerprint density at radius 3 is 2.33 bits per heavy atom. The number of nitrogens with one attached hydrogen (secondary N) is 1. The summed E-state index contributed by atoms with van der Waals surface area (Å²) in [7, 11) is -4.42. The van der Waals surface area contributed by atoms with Crippen LogP contribution < -0.4 is 4.72 Å². The van der Waals surface area contributed by atoms with Gasteiger partial charge in [-0.1, -0.05) is 22.9 Å². The molecule has 1 N–H and O–H groups in total. The van der Waals surface area contributed by atoms with E-state index >= 15 is 0 Å². The van der Waals surface area contributed by atoms with E-state index in [2.05, 4.69) is 15.9 Å². The molecule has 0 aromatic heterocycles. The van der Waals surface area contributed by atoms with Gasteiger partial charge >= 0.3 is 5.76 Å². The summed E-state index contributed by atoms with van der Waals surface area (Å²) in [6, 6.07) is 0. The quantitative estimate of drug-likeness (QED) is 0.762. The molecule has 0 radical (unpaired) electrons. The lowest BCUT2D eigenvalue weighted by molar-refractivity contribution is 0.232. The van der Waals surface area contributed by atoms with Crippen LogP contribution in [0.3, 0.4) is 0 Å². The third-order valence-corrected chi connectivity index (χ3v) is 3.19. The molecule has 0 spiro atoms. The average molecular weight is 266 g/mol. The molecule has 0 aliphatic carbocycles. The summed E-state index contributed by atoms with van der Waals surface area (Å²) in [5, 5.41) is 0. The zero-order valence-corrected chi connectivity index (χ0v) is 8.83. The van der Waals surface area contributed by atoms with E-state index in [9.17, 15) is 17.2 Å². The fourth-order valence-corrected chi connectivity index (χ4v) is 1.35. The molecule has 0 aliphatic rings. The van der Waals surface area contributed by atoms with Crippen LogP contribution in [0.2, 0.25) is 0 Å². The van der Waals surface area contributed by atoms with E-state index in [4.69, 9.17) is 0 Å². The van der Waals surface area contributed by atoms with Crippen molar-refractivity contribution >= 4 is 26.0 Å². The monoisotopic (exact) mass is 265 g/mol. The number of hydrogen-bond acceptors (Lipinski definition) is 2. The first-order valence-electron chi connectivity index (χ1n) is 3.30. The molecule has 7 heteroatoms. The van der Waals surface area contributed by atoms with Crippen molar-refractivity contribution < 1.29 is 17.2 Å². The second-order valence-electron chi connectivity index (χ2n) is 2.16. The second kappa shape index (κ2) is 5.08. The van der Waals surface area contributed by atoms with Crippen molar-refractivity contribution in [1.82, 2.24) is 4.72 Å². The number of halogens is 3. The van der Waals surface area contributed by atoms with Gasteiger partial charge in [0.15, 0.2) is 0 Å². The van der Waals surface area contributed by atoms with E-state index in [0.717, 1.165) is 0 Å². The largest absolute Gasteiger partial charge is 0.350 e. The number of rotatable bonds is 5. The van der Waals surface area contributed by atoms with Gasteiger partial charge in [-0.15, -0.1) is 0 Å². The summed E-state index contributed by atoms with van der Waals surface area (Å²) in [5.74, 6) is -3.35. The minimum atomic E-state index is -4.42. The van der Waals surface area contributed by atoms with Crippen LogP contribution in [0.25, 0.3) is 0 Å². The third kappa shape index (κ3) is 4.32. The van der Waals surface area contributed by atoms with Crippen LogP contribution >= 0.6 is 15.9 Å². The van der Waals surface area contributed by atoms with Gasteiger partial charge in [0.25, 0.3) is 10.0 Å². The van der Waals surface area contributed by atoms with Crippen LogP contribution in [0.1, 0.15) is 13.3 Å². The van der Waals surface area contributed by atoms with Crippen molar-refractivity contribution in [3.05, 3.63) is 0 Å². The highest BCUT2D eigenvalue weighted by molar-refractivity contribution is 9.09. The standard InChI is InChI=1S/C5H10BrF2NO2S/c1-2-4(6)3-9-12(10,11)5(7)8/h4-5,9H,2-3H2,1H3. The van der Waals surface area contributed by atoms with Crippen LogP contribution in [-0.4, -0.2) is 25.5 Å². The minimum Gasteiger partial charge on any atom is -0.209 e. The summed E-state index contributed by atoms with van der Waals surface area (Å²) in [5.41, 5.74) is 0. The highest BCUT2D eigenvalue weighted by atomic mass is 79.9. The normalized spacial score (nSPS) is 15.1. The molecule has 12 heavy (non-hydrogen) atoms. The Morgan fingerprint density at radius 1 is 1.50 bits per heavy atom. The fraction of sp³-hybridized carbons (Fsp3) is 1.00. The summed E-state index contributed by atoms with van der Waals surface area (Å²) in [6.07, 6.45) is 0.672.